The van der Waals surface area contributed by atoms with Crippen LogP contribution in [0.4, 0.5) is 14.6 Å². The van der Waals surface area contributed by atoms with E-state index in [1.165, 1.54) is 11.8 Å². The first-order valence-electron chi connectivity index (χ1n) is 8.20. The number of carbonyl (C=O) groups is 1. The molecule has 0 radical (unpaired) electrons. The molecule has 0 amide bonds. The Morgan fingerprint density at radius 1 is 1.38 bits per heavy atom. The van der Waals surface area contributed by atoms with Gasteiger partial charge in [0.25, 0.3) is 5.92 Å². The number of fused-ring (bicyclic) bond motifs is 2. The highest BCUT2D eigenvalue weighted by Crippen LogP contribution is 2.55. The van der Waals surface area contributed by atoms with Crippen LogP contribution in [0.15, 0.2) is 5.16 Å². The summed E-state index contributed by atoms with van der Waals surface area (Å²) in [6, 6.07) is 0. The molecule has 1 aliphatic heterocycles. The van der Waals surface area contributed by atoms with Crippen LogP contribution in [0.5, 0.6) is 0 Å². The first kappa shape index (κ1) is 16.1. The Kier molecular flexibility index (Phi) is 3.71. The van der Waals surface area contributed by atoms with Gasteiger partial charge in [0.15, 0.2) is 5.16 Å². The molecule has 0 spiro atoms. The van der Waals surface area contributed by atoms with Crippen LogP contribution >= 0.6 is 11.8 Å². The smallest absolute Gasteiger partial charge is 0.303 e. The van der Waals surface area contributed by atoms with Gasteiger partial charge in [-0.05, 0) is 36.9 Å². The fourth-order valence-corrected chi connectivity index (χ4v) is 4.63. The van der Waals surface area contributed by atoms with Gasteiger partial charge >= 0.3 is 5.97 Å². The molecule has 0 bridgehead atoms. The van der Waals surface area contributed by atoms with Gasteiger partial charge in [-0.25, -0.2) is 9.97 Å². The number of aliphatic carboxylic acids is 1. The minimum Gasteiger partial charge on any atom is -0.481 e. The fraction of sp³-hybridized carbons (Fsp3) is 0.688. The van der Waals surface area contributed by atoms with E-state index in [4.69, 9.17) is 5.11 Å². The average Bonchev–Trinajstić information content (AvgIpc) is 2.96. The van der Waals surface area contributed by atoms with Crippen molar-refractivity contribution in [2.24, 2.45) is 17.8 Å². The molecule has 3 aliphatic rings. The van der Waals surface area contributed by atoms with E-state index in [0.29, 0.717) is 54.3 Å². The van der Waals surface area contributed by atoms with Gasteiger partial charge in [-0.2, -0.15) is 8.78 Å². The van der Waals surface area contributed by atoms with Gasteiger partial charge in [0, 0.05) is 31.5 Å². The molecule has 1 N–H and O–H groups in total. The van der Waals surface area contributed by atoms with Gasteiger partial charge in [-0.1, -0.05) is 11.8 Å². The lowest BCUT2D eigenvalue weighted by Crippen LogP contribution is -2.31. The normalized spacial score (nSPS) is 30.0. The molecular formula is C16H19F2N3O2S. The van der Waals surface area contributed by atoms with Crippen LogP contribution in [-0.2, 0) is 17.1 Å². The molecule has 1 saturated heterocycles. The van der Waals surface area contributed by atoms with Gasteiger partial charge in [-0.15, -0.1) is 0 Å². The zero-order valence-corrected chi connectivity index (χ0v) is 14.2. The minimum absolute atomic E-state index is 0.106. The molecule has 5 nitrogen and oxygen atoms in total. The van der Waals surface area contributed by atoms with Crippen LogP contribution in [0, 0.1) is 17.8 Å². The van der Waals surface area contributed by atoms with Crippen LogP contribution < -0.4 is 4.90 Å². The number of carboxylic acid groups (broad SMARTS) is 1. The third-order valence-corrected chi connectivity index (χ3v) is 6.04. The van der Waals surface area contributed by atoms with Gasteiger partial charge in [0.05, 0.1) is 0 Å². The Hall–Kier alpha value is -1.44. The number of thioether (sulfide) groups is 1. The highest BCUT2D eigenvalue weighted by Gasteiger charge is 2.56. The lowest BCUT2D eigenvalue weighted by molar-refractivity contribution is -0.137. The Morgan fingerprint density at radius 3 is 2.71 bits per heavy atom. The number of carboxylic acids is 1. The van der Waals surface area contributed by atoms with Crippen molar-refractivity contribution in [3.8, 4) is 0 Å². The van der Waals surface area contributed by atoms with Gasteiger partial charge in [-0.3, -0.25) is 4.79 Å². The maximum atomic E-state index is 14.3. The van der Waals surface area contributed by atoms with Crippen molar-refractivity contribution >= 4 is 23.5 Å². The lowest BCUT2D eigenvalue weighted by atomic mass is 9.93. The first-order valence-corrected chi connectivity index (χ1v) is 9.43. The SMILES string of the molecule is CSc1nc(N2C[C@@H]3C(CC(=O)O)[C@@H]3C2)c2c(n1)C(F)(F)CCC2. The number of alkyl halides is 2. The van der Waals surface area contributed by atoms with Gasteiger partial charge in [0.2, 0.25) is 0 Å². The molecule has 8 heteroatoms. The number of rotatable bonds is 4. The summed E-state index contributed by atoms with van der Waals surface area (Å²) in [5.74, 6) is -2.06. The van der Waals surface area contributed by atoms with E-state index in [9.17, 15) is 13.6 Å². The van der Waals surface area contributed by atoms with Crippen molar-refractivity contribution in [1.82, 2.24) is 9.97 Å². The molecule has 130 valence electrons. The molecule has 1 saturated carbocycles. The molecular weight excluding hydrogens is 336 g/mol. The molecule has 2 heterocycles. The Bertz CT molecular complexity index is 688. The predicted octanol–water partition coefficient (Wildman–Crippen LogP) is 2.78. The van der Waals surface area contributed by atoms with E-state index in [-0.39, 0.29) is 24.5 Å². The quantitative estimate of drug-likeness (QED) is 0.662. The second kappa shape index (κ2) is 5.54. The first-order chi connectivity index (χ1) is 11.4. The second-order valence-electron chi connectivity index (χ2n) is 6.91. The predicted molar refractivity (Wildman–Crippen MR) is 85.6 cm³/mol. The molecule has 4 rings (SSSR count). The molecule has 1 aromatic rings. The summed E-state index contributed by atoms with van der Waals surface area (Å²) < 4.78 is 28.6. The van der Waals surface area contributed by atoms with E-state index in [1.54, 1.807) is 6.26 Å². The summed E-state index contributed by atoms with van der Waals surface area (Å²) in [4.78, 5) is 21.5. The van der Waals surface area contributed by atoms with E-state index < -0.39 is 11.9 Å². The van der Waals surface area contributed by atoms with Crippen molar-refractivity contribution in [2.75, 3.05) is 24.2 Å². The fourth-order valence-electron chi connectivity index (χ4n) is 4.27. The van der Waals surface area contributed by atoms with Crippen LogP contribution in [0.1, 0.15) is 30.5 Å². The average molecular weight is 355 g/mol. The number of aromatic nitrogens is 2. The molecule has 3 atom stereocenters. The summed E-state index contributed by atoms with van der Waals surface area (Å²) in [6.45, 7) is 1.43. The third-order valence-electron chi connectivity index (χ3n) is 5.49. The number of halogens is 2. The van der Waals surface area contributed by atoms with Gasteiger partial charge < -0.3 is 10.0 Å². The minimum atomic E-state index is -2.88. The summed E-state index contributed by atoms with van der Waals surface area (Å²) >= 11 is 1.28. The molecule has 1 unspecified atom stereocenters. The molecule has 2 fully saturated rings. The molecule has 24 heavy (non-hydrogen) atoms. The zero-order valence-electron chi connectivity index (χ0n) is 13.3. The maximum Gasteiger partial charge on any atom is 0.303 e. The number of nitrogens with zero attached hydrogens (tertiary/aromatic N) is 3. The maximum absolute atomic E-state index is 14.3. The number of piperidine rings is 1. The largest absolute Gasteiger partial charge is 0.481 e. The summed E-state index contributed by atoms with van der Waals surface area (Å²) in [7, 11) is 0. The standard InChI is InChI=1S/C16H19F2N3O2S/c1-24-15-19-13-8(3-2-4-16(13,17)18)14(20-15)21-6-10-9(5-12(22)23)11(10)7-21/h9-11H,2-7H2,1H3,(H,22,23)/t9?,10-,11+. The van der Waals surface area contributed by atoms with Crippen molar-refractivity contribution < 1.29 is 18.7 Å². The highest BCUT2D eigenvalue weighted by atomic mass is 32.2. The van der Waals surface area contributed by atoms with Crippen LogP contribution in [0.3, 0.4) is 0 Å². The Labute approximate surface area is 142 Å². The van der Waals surface area contributed by atoms with E-state index >= 15 is 0 Å². The van der Waals surface area contributed by atoms with Gasteiger partial charge in [0.1, 0.15) is 11.5 Å². The van der Waals surface area contributed by atoms with Crippen molar-refractivity contribution in [1.29, 1.82) is 0 Å². The summed E-state index contributed by atoms with van der Waals surface area (Å²) in [5, 5.41) is 9.31. The van der Waals surface area contributed by atoms with E-state index in [1.807, 2.05) is 0 Å². The van der Waals surface area contributed by atoms with Crippen molar-refractivity contribution in [3.05, 3.63) is 11.3 Å². The zero-order chi connectivity index (χ0) is 17.1. The van der Waals surface area contributed by atoms with Crippen LogP contribution in [0.2, 0.25) is 0 Å². The third kappa shape index (κ3) is 2.55. The molecule has 2 aliphatic carbocycles. The second-order valence-corrected chi connectivity index (χ2v) is 7.69. The summed E-state index contributed by atoms with van der Waals surface area (Å²) in [6.07, 6.45) is 2.86. The molecule has 1 aromatic heterocycles. The van der Waals surface area contributed by atoms with E-state index in [2.05, 4.69) is 14.9 Å². The van der Waals surface area contributed by atoms with Crippen molar-refractivity contribution in [3.63, 3.8) is 0 Å². The number of anilines is 1. The number of hydrogen-bond donors (Lipinski definition) is 1. The monoisotopic (exact) mass is 355 g/mol. The Morgan fingerprint density at radius 2 is 2.08 bits per heavy atom. The Balaban J connectivity index is 1.62. The van der Waals surface area contributed by atoms with Crippen LogP contribution in [0.25, 0.3) is 0 Å². The lowest BCUT2D eigenvalue weighted by Gasteiger charge is -2.30. The summed E-state index contributed by atoms with van der Waals surface area (Å²) in [5.41, 5.74) is 0.478. The topological polar surface area (TPSA) is 66.3 Å². The number of hydrogen-bond acceptors (Lipinski definition) is 5. The highest BCUT2D eigenvalue weighted by molar-refractivity contribution is 7.98. The van der Waals surface area contributed by atoms with E-state index in [0.717, 1.165) is 0 Å². The van der Waals surface area contributed by atoms with Crippen molar-refractivity contribution in [2.45, 2.75) is 36.8 Å². The molecule has 0 aromatic carbocycles. The van der Waals surface area contributed by atoms with Crippen LogP contribution in [-0.4, -0.2) is 40.4 Å².